The minimum absolute atomic E-state index is 0.0597. The second-order valence-corrected chi connectivity index (χ2v) is 6.85. The van der Waals surface area contributed by atoms with Gasteiger partial charge in [-0.1, -0.05) is 0 Å². The van der Waals surface area contributed by atoms with Crippen molar-refractivity contribution >= 4 is 15.7 Å². The molecule has 0 aromatic heterocycles. The molecule has 1 aliphatic heterocycles. The summed E-state index contributed by atoms with van der Waals surface area (Å²) in [5, 5.41) is 9.14. The Morgan fingerprint density at radius 2 is 2.18 bits per heavy atom. The van der Waals surface area contributed by atoms with Gasteiger partial charge in [0, 0.05) is 19.0 Å². The molecule has 17 heavy (non-hydrogen) atoms. The number of sulfone groups is 1. The maximum absolute atomic E-state index is 11.9. The van der Waals surface area contributed by atoms with Gasteiger partial charge in [-0.05, 0) is 26.7 Å². The zero-order chi connectivity index (χ0) is 13.1. The summed E-state index contributed by atoms with van der Waals surface area (Å²) < 4.78 is 22.7. The van der Waals surface area contributed by atoms with E-state index in [2.05, 4.69) is 0 Å². The van der Waals surface area contributed by atoms with Crippen molar-refractivity contribution in [3.05, 3.63) is 0 Å². The average molecular weight is 263 g/mol. The molecule has 5 nitrogen and oxygen atoms in total. The summed E-state index contributed by atoms with van der Waals surface area (Å²) >= 11 is 0. The molecule has 1 aliphatic rings. The van der Waals surface area contributed by atoms with Crippen LogP contribution in [-0.4, -0.2) is 54.5 Å². The summed E-state index contributed by atoms with van der Waals surface area (Å²) in [7, 11) is -2.96. The summed E-state index contributed by atoms with van der Waals surface area (Å²) in [6.45, 7) is 4.02. The van der Waals surface area contributed by atoms with Gasteiger partial charge < -0.3 is 10.0 Å². The Balaban J connectivity index is 2.56. The average Bonchev–Trinajstić information content (AvgIpc) is 2.57. The quantitative estimate of drug-likeness (QED) is 0.768. The van der Waals surface area contributed by atoms with Crippen molar-refractivity contribution in [3.8, 4) is 0 Å². The third-order valence-electron chi connectivity index (χ3n) is 3.09. The van der Waals surface area contributed by atoms with Crippen molar-refractivity contribution in [2.24, 2.45) is 0 Å². The number of aliphatic hydroxyl groups excluding tert-OH is 1. The Morgan fingerprint density at radius 3 is 2.59 bits per heavy atom. The highest BCUT2D eigenvalue weighted by atomic mass is 32.2. The summed E-state index contributed by atoms with van der Waals surface area (Å²) in [5.41, 5.74) is 0. The van der Waals surface area contributed by atoms with Crippen LogP contribution in [0, 0.1) is 0 Å². The largest absolute Gasteiger partial charge is 0.393 e. The molecular formula is C11H21NO4S. The van der Waals surface area contributed by atoms with Gasteiger partial charge in [0.1, 0.15) is 0 Å². The van der Waals surface area contributed by atoms with Crippen molar-refractivity contribution in [2.75, 3.05) is 18.1 Å². The van der Waals surface area contributed by atoms with E-state index in [4.69, 9.17) is 5.11 Å². The lowest BCUT2D eigenvalue weighted by atomic mass is 10.1. The van der Waals surface area contributed by atoms with Gasteiger partial charge in [0.25, 0.3) is 0 Å². The van der Waals surface area contributed by atoms with Crippen LogP contribution in [0.4, 0.5) is 0 Å². The van der Waals surface area contributed by atoms with E-state index in [0.29, 0.717) is 19.4 Å². The second kappa shape index (κ2) is 5.82. The molecule has 1 rings (SSSR count). The van der Waals surface area contributed by atoms with Gasteiger partial charge in [0.2, 0.25) is 5.91 Å². The van der Waals surface area contributed by atoms with Crippen LogP contribution < -0.4 is 0 Å². The van der Waals surface area contributed by atoms with Crippen molar-refractivity contribution in [2.45, 2.75) is 45.3 Å². The highest BCUT2D eigenvalue weighted by molar-refractivity contribution is 7.91. The normalized spacial score (nSPS) is 24.5. The lowest BCUT2D eigenvalue weighted by Crippen LogP contribution is -2.41. The summed E-state index contributed by atoms with van der Waals surface area (Å²) in [6, 6.07) is -0.175. The molecule has 0 bridgehead atoms. The molecule has 0 radical (unpaired) electrons. The van der Waals surface area contributed by atoms with Crippen LogP contribution in [0.1, 0.15) is 33.1 Å². The fraction of sp³-hybridized carbons (Fsp3) is 0.909. The maximum Gasteiger partial charge on any atom is 0.222 e. The Bertz CT molecular complexity index is 364. The molecule has 0 spiro atoms. The molecule has 6 heteroatoms. The van der Waals surface area contributed by atoms with Crippen LogP contribution in [0.25, 0.3) is 0 Å². The third-order valence-corrected chi connectivity index (χ3v) is 4.84. The topological polar surface area (TPSA) is 74.7 Å². The Hall–Kier alpha value is -0.620. The molecule has 100 valence electrons. The molecule has 0 aliphatic carbocycles. The zero-order valence-corrected chi connectivity index (χ0v) is 11.2. The van der Waals surface area contributed by atoms with Gasteiger partial charge in [-0.25, -0.2) is 8.42 Å². The lowest BCUT2D eigenvalue weighted by Gasteiger charge is -2.27. The lowest BCUT2D eigenvalue weighted by molar-refractivity contribution is -0.133. The van der Waals surface area contributed by atoms with Gasteiger partial charge in [0.15, 0.2) is 9.84 Å². The SMILES string of the molecule is CCN(C(=O)CCC(C)O)C1CCS(=O)(=O)C1. The molecular weight excluding hydrogens is 242 g/mol. The van der Waals surface area contributed by atoms with E-state index in [1.807, 2.05) is 6.92 Å². The summed E-state index contributed by atoms with van der Waals surface area (Å²) in [6.07, 6.45) is 0.748. The van der Waals surface area contributed by atoms with Gasteiger partial charge in [-0.2, -0.15) is 0 Å². The van der Waals surface area contributed by atoms with E-state index in [-0.39, 0.29) is 29.9 Å². The van der Waals surface area contributed by atoms with Crippen molar-refractivity contribution in [1.82, 2.24) is 4.90 Å². The van der Waals surface area contributed by atoms with Crippen molar-refractivity contribution in [1.29, 1.82) is 0 Å². The fourth-order valence-electron chi connectivity index (χ4n) is 2.14. The Kier molecular flexibility index (Phi) is 4.94. The van der Waals surface area contributed by atoms with Crippen LogP contribution in [-0.2, 0) is 14.6 Å². The van der Waals surface area contributed by atoms with E-state index < -0.39 is 15.9 Å². The first kappa shape index (κ1) is 14.4. The third kappa shape index (κ3) is 4.27. The number of hydrogen-bond donors (Lipinski definition) is 1. The van der Waals surface area contributed by atoms with Gasteiger partial charge in [-0.3, -0.25) is 4.79 Å². The molecule has 2 unspecified atom stereocenters. The molecule has 0 saturated carbocycles. The Morgan fingerprint density at radius 1 is 1.53 bits per heavy atom. The van der Waals surface area contributed by atoms with E-state index in [9.17, 15) is 13.2 Å². The highest BCUT2D eigenvalue weighted by Gasteiger charge is 2.33. The van der Waals surface area contributed by atoms with Crippen LogP contribution in [0.15, 0.2) is 0 Å². The molecule has 0 aromatic rings. The number of carbonyl (C=O) groups is 1. The van der Waals surface area contributed by atoms with Gasteiger partial charge in [0.05, 0.1) is 17.6 Å². The number of carbonyl (C=O) groups excluding carboxylic acids is 1. The maximum atomic E-state index is 11.9. The number of aliphatic hydroxyl groups is 1. The highest BCUT2D eigenvalue weighted by Crippen LogP contribution is 2.18. The fourth-order valence-corrected chi connectivity index (χ4v) is 3.87. The molecule has 0 aromatic carbocycles. The number of hydrogen-bond acceptors (Lipinski definition) is 4. The summed E-state index contributed by atoms with van der Waals surface area (Å²) in [4.78, 5) is 13.5. The van der Waals surface area contributed by atoms with E-state index in [1.54, 1.807) is 11.8 Å². The smallest absolute Gasteiger partial charge is 0.222 e. The van der Waals surface area contributed by atoms with Crippen LogP contribution in [0.5, 0.6) is 0 Å². The molecule has 2 atom stereocenters. The molecule has 1 N–H and O–H groups in total. The minimum Gasteiger partial charge on any atom is -0.393 e. The molecule has 1 fully saturated rings. The van der Waals surface area contributed by atoms with Crippen molar-refractivity contribution < 1.29 is 18.3 Å². The first-order valence-corrected chi connectivity index (χ1v) is 7.86. The predicted molar refractivity (Wildman–Crippen MR) is 65.4 cm³/mol. The van der Waals surface area contributed by atoms with E-state index in [1.165, 1.54) is 0 Å². The number of nitrogens with zero attached hydrogens (tertiary/aromatic N) is 1. The first-order valence-electron chi connectivity index (χ1n) is 6.03. The predicted octanol–water partition coefficient (Wildman–Crippen LogP) is 0.183. The summed E-state index contributed by atoms with van der Waals surface area (Å²) in [5.74, 6) is 0.203. The van der Waals surface area contributed by atoms with Gasteiger partial charge in [-0.15, -0.1) is 0 Å². The monoisotopic (exact) mass is 263 g/mol. The van der Waals surface area contributed by atoms with Crippen molar-refractivity contribution in [3.63, 3.8) is 0 Å². The van der Waals surface area contributed by atoms with E-state index in [0.717, 1.165) is 0 Å². The van der Waals surface area contributed by atoms with Gasteiger partial charge >= 0.3 is 0 Å². The van der Waals surface area contributed by atoms with E-state index >= 15 is 0 Å². The minimum atomic E-state index is -2.96. The van der Waals surface area contributed by atoms with Crippen LogP contribution >= 0.6 is 0 Å². The zero-order valence-electron chi connectivity index (χ0n) is 10.4. The first-order chi connectivity index (χ1) is 7.85. The number of amides is 1. The Labute approximate surface area is 103 Å². The molecule has 1 heterocycles. The second-order valence-electron chi connectivity index (χ2n) is 4.62. The van der Waals surface area contributed by atoms with Crippen LogP contribution in [0.2, 0.25) is 0 Å². The molecule has 1 saturated heterocycles. The van der Waals surface area contributed by atoms with Crippen LogP contribution in [0.3, 0.4) is 0 Å². The standard InChI is InChI=1S/C11H21NO4S/c1-3-12(11(14)5-4-9(2)13)10-6-7-17(15,16)8-10/h9-10,13H,3-8H2,1-2H3. The molecule has 1 amide bonds. The number of rotatable bonds is 5.